The maximum Gasteiger partial charge on any atom is 0.0481 e. The van der Waals surface area contributed by atoms with Gasteiger partial charge in [0, 0.05) is 50.1 Å². The Hall–Kier alpha value is -0.916. The summed E-state index contributed by atoms with van der Waals surface area (Å²) in [5.41, 5.74) is 6.45. The van der Waals surface area contributed by atoms with Gasteiger partial charge in [-0.2, -0.15) is 35.4 Å². The van der Waals surface area contributed by atoms with Crippen molar-refractivity contribution in [1.29, 1.82) is 0 Å². The van der Waals surface area contributed by atoms with Gasteiger partial charge in [0.25, 0.3) is 0 Å². The average Bonchev–Trinajstić information content (AvgIpc) is 2.85. The second kappa shape index (κ2) is 7.76. The zero-order valence-electron chi connectivity index (χ0n) is 12.6. The van der Waals surface area contributed by atoms with Crippen LogP contribution in [-0.2, 0) is 32.7 Å². The molecule has 1 aromatic carbocycles. The van der Waals surface area contributed by atoms with Crippen molar-refractivity contribution < 1.29 is 32.7 Å². The minimum absolute atomic E-state index is 0. The number of aromatic nitrogens is 1. The second-order valence-corrected chi connectivity index (χ2v) is 4.97. The molecular formula is C18H20NY-. The molecule has 3 rings (SSSR count). The van der Waals surface area contributed by atoms with Gasteiger partial charge in [-0.15, -0.1) is 0 Å². The molecule has 2 heterocycles. The normalized spacial score (nSPS) is 9.60. The van der Waals surface area contributed by atoms with Crippen molar-refractivity contribution >= 4 is 5.52 Å². The molecule has 2 aromatic heterocycles. The molecule has 0 saturated carbocycles. The summed E-state index contributed by atoms with van der Waals surface area (Å²) in [7, 11) is 0. The van der Waals surface area contributed by atoms with Gasteiger partial charge in [0.05, 0.1) is 0 Å². The predicted molar refractivity (Wildman–Crippen MR) is 81.6 cm³/mol. The smallest absolute Gasteiger partial charge is 0.0481 e. The van der Waals surface area contributed by atoms with Gasteiger partial charge in [-0.1, -0.05) is 19.9 Å². The molecule has 0 unspecified atom stereocenters. The van der Waals surface area contributed by atoms with E-state index in [0.717, 1.165) is 0 Å². The molecule has 0 aliphatic heterocycles. The summed E-state index contributed by atoms with van der Waals surface area (Å²) in [5.74, 6) is 0. The van der Waals surface area contributed by atoms with E-state index < -0.39 is 0 Å². The molecule has 101 valence electrons. The first-order chi connectivity index (χ1) is 9.08. The number of fused-ring (bicyclic) bond motifs is 1. The summed E-state index contributed by atoms with van der Waals surface area (Å²) in [6.07, 6.45) is 2.09. The Balaban J connectivity index is 0.000000200. The first-order valence-corrected chi connectivity index (χ1v) is 6.56. The van der Waals surface area contributed by atoms with Crippen LogP contribution in [0.2, 0.25) is 0 Å². The first-order valence-electron chi connectivity index (χ1n) is 6.56. The first kappa shape index (κ1) is 17.1. The number of benzene rings is 1. The zero-order chi connectivity index (χ0) is 13.8. The Morgan fingerprint density at radius 1 is 0.950 bits per heavy atom. The Kier molecular flexibility index (Phi) is 6.65. The summed E-state index contributed by atoms with van der Waals surface area (Å²) < 4.78 is 2.20. The van der Waals surface area contributed by atoms with Crippen molar-refractivity contribution in [1.82, 2.24) is 4.40 Å². The summed E-state index contributed by atoms with van der Waals surface area (Å²) in [5, 5.41) is 0. The zero-order valence-corrected chi connectivity index (χ0v) is 15.5. The summed E-state index contributed by atoms with van der Waals surface area (Å²) in [4.78, 5) is 0. The topological polar surface area (TPSA) is 4.41 Å². The number of pyridine rings is 1. The fourth-order valence-electron chi connectivity index (χ4n) is 2.16. The molecule has 0 aliphatic rings. The molecule has 2 heteroatoms. The molecule has 0 N–H and O–H groups in total. The number of hydrogen-bond acceptors (Lipinski definition) is 0. The second-order valence-electron chi connectivity index (χ2n) is 4.97. The number of rotatable bonds is 0. The van der Waals surface area contributed by atoms with E-state index in [2.05, 4.69) is 67.8 Å². The Bertz CT molecular complexity index is 629. The summed E-state index contributed by atoms with van der Waals surface area (Å²) in [6, 6.07) is 17.7. The monoisotopic (exact) mass is 339 g/mol. The standard InChI is InChI=1S/C10H11N.C8H9.Y/c1-8-5-6-9(2)11-7-3-4-10(8)11;1-7-4-3-5-8(2)6-7;/h3-7H,1-2H3;3-4,6H,1-2H3;/q;-1;. The molecule has 3 aromatic rings. The van der Waals surface area contributed by atoms with E-state index >= 15 is 0 Å². The van der Waals surface area contributed by atoms with Crippen LogP contribution in [0.25, 0.3) is 5.52 Å². The van der Waals surface area contributed by atoms with Gasteiger partial charge in [0.2, 0.25) is 0 Å². The maximum absolute atomic E-state index is 3.07. The molecule has 20 heavy (non-hydrogen) atoms. The predicted octanol–water partition coefficient (Wildman–Crippen LogP) is 4.66. The number of hydrogen-bond donors (Lipinski definition) is 0. The van der Waals surface area contributed by atoms with Crippen molar-refractivity contribution in [2.45, 2.75) is 27.7 Å². The fraction of sp³-hybridized carbons (Fsp3) is 0.222. The van der Waals surface area contributed by atoms with Gasteiger partial charge in [-0.25, -0.2) is 0 Å². The maximum atomic E-state index is 3.07. The molecule has 1 radical (unpaired) electrons. The van der Waals surface area contributed by atoms with Crippen LogP contribution in [0, 0.1) is 33.8 Å². The quantitative estimate of drug-likeness (QED) is 0.525. The van der Waals surface area contributed by atoms with Crippen LogP contribution < -0.4 is 0 Å². The molecule has 0 aliphatic carbocycles. The van der Waals surface area contributed by atoms with Gasteiger partial charge in [-0.3, -0.25) is 0 Å². The fourth-order valence-corrected chi connectivity index (χ4v) is 2.16. The van der Waals surface area contributed by atoms with Gasteiger partial charge in [-0.05, 0) is 37.6 Å². The summed E-state index contributed by atoms with van der Waals surface area (Å²) >= 11 is 0. The van der Waals surface area contributed by atoms with E-state index in [1.54, 1.807) is 0 Å². The average molecular weight is 339 g/mol. The van der Waals surface area contributed by atoms with E-state index in [1.807, 2.05) is 19.1 Å². The van der Waals surface area contributed by atoms with Crippen molar-refractivity contribution in [2.24, 2.45) is 0 Å². The van der Waals surface area contributed by atoms with Crippen LogP contribution in [0.3, 0.4) is 0 Å². The minimum Gasteiger partial charge on any atom is -0.321 e. The van der Waals surface area contributed by atoms with Crippen molar-refractivity contribution in [3.8, 4) is 0 Å². The molecule has 0 amide bonds. The molecule has 1 nitrogen and oxygen atoms in total. The van der Waals surface area contributed by atoms with Crippen LogP contribution in [0.4, 0.5) is 0 Å². The largest absolute Gasteiger partial charge is 0.321 e. The van der Waals surface area contributed by atoms with Crippen molar-refractivity contribution in [2.75, 3.05) is 0 Å². The molecule has 0 bridgehead atoms. The molecular weight excluding hydrogens is 319 g/mol. The van der Waals surface area contributed by atoms with Crippen molar-refractivity contribution in [3.63, 3.8) is 0 Å². The van der Waals surface area contributed by atoms with Crippen LogP contribution in [0.5, 0.6) is 0 Å². The third-order valence-electron chi connectivity index (χ3n) is 3.21. The SMILES string of the molecule is Cc1[c-]ccc(C)c1.Cc1ccc(C)n2cccc12.[Y]. The minimum atomic E-state index is 0. The van der Waals surface area contributed by atoms with Gasteiger partial charge >= 0.3 is 0 Å². The van der Waals surface area contributed by atoms with E-state index in [-0.39, 0.29) is 32.7 Å². The van der Waals surface area contributed by atoms with E-state index in [1.165, 1.54) is 27.9 Å². The van der Waals surface area contributed by atoms with Gasteiger partial charge < -0.3 is 4.40 Å². The Labute approximate surface area is 146 Å². The van der Waals surface area contributed by atoms with E-state index in [4.69, 9.17) is 0 Å². The third-order valence-corrected chi connectivity index (χ3v) is 3.21. The van der Waals surface area contributed by atoms with Gasteiger partial charge in [0.15, 0.2) is 0 Å². The number of aryl methyl sites for hydroxylation is 4. The third kappa shape index (κ3) is 4.29. The number of nitrogens with zero attached hydrogens (tertiary/aromatic N) is 1. The Morgan fingerprint density at radius 3 is 2.25 bits per heavy atom. The molecule has 0 fully saturated rings. The van der Waals surface area contributed by atoms with E-state index in [9.17, 15) is 0 Å². The molecule has 0 spiro atoms. The van der Waals surface area contributed by atoms with E-state index in [0.29, 0.717) is 0 Å². The van der Waals surface area contributed by atoms with Crippen molar-refractivity contribution in [3.05, 3.63) is 77.1 Å². The van der Waals surface area contributed by atoms with Crippen LogP contribution >= 0.6 is 0 Å². The molecule has 0 saturated heterocycles. The van der Waals surface area contributed by atoms with Gasteiger partial charge in [0.1, 0.15) is 0 Å². The molecule has 0 atom stereocenters. The van der Waals surface area contributed by atoms with Crippen LogP contribution in [-0.4, -0.2) is 4.40 Å². The van der Waals surface area contributed by atoms with Crippen LogP contribution in [0.15, 0.2) is 48.7 Å². The summed E-state index contributed by atoms with van der Waals surface area (Å²) in [6.45, 7) is 8.38. The van der Waals surface area contributed by atoms with Crippen LogP contribution in [0.1, 0.15) is 22.4 Å². The Morgan fingerprint density at radius 2 is 1.70 bits per heavy atom.